The van der Waals surface area contributed by atoms with Crippen LogP contribution in [0.4, 0.5) is 4.39 Å². The fourth-order valence-electron chi connectivity index (χ4n) is 1.40. The molecule has 0 aliphatic carbocycles. The summed E-state index contributed by atoms with van der Waals surface area (Å²) in [6.45, 7) is 0.271. The molecule has 1 atom stereocenters. The van der Waals surface area contributed by atoms with Crippen molar-refractivity contribution in [1.29, 1.82) is 0 Å². The van der Waals surface area contributed by atoms with E-state index in [2.05, 4.69) is 15.5 Å². The minimum absolute atomic E-state index is 0.271. The van der Waals surface area contributed by atoms with Gasteiger partial charge in [-0.25, -0.2) is 4.39 Å². The Balaban J connectivity index is 1.89. The molecular weight excluding hydrogens is 237 g/mol. The van der Waals surface area contributed by atoms with Gasteiger partial charge in [-0.05, 0) is 23.8 Å². The van der Waals surface area contributed by atoms with Gasteiger partial charge in [-0.3, -0.25) is 9.59 Å². The second-order valence-corrected chi connectivity index (χ2v) is 3.70. The third kappa shape index (κ3) is 3.07. The molecule has 2 amide bonds. The first-order valence-corrected chi connectivity index (χ1v) is 5.30. The molecule has 0 saturated carbocycles. The summed E-state index contributed by atoms with van der Waals surface area (Å²) in [5.41, 5.74) is 0.776. The van der Waals surface area contributed by atoms with Crippen LogP contribution in [0.1, 0.15) is 5.56 Å². The van der Waals surface area contributed by atoms with E-state index in [9.17, 15) is 14.0 Å². The van der Waals surface area contributed by atoms with Gasteiger partial charge in [0.25, 0.3) is 11.8 Å². The maximum absolute atomic E-state index is 12.7. The fourth-order valence-corrected chi connectivity index (χ4v) is 1.40. The van der Waals surface area contributed by atoms with Crippen LogP contribution in [0.3, 0.4) is 0 Å². The first-order chi connectivity index (χ1) is 8.65. The van der Waals surface area contributed by atoms with Crippen molar-refractivity contribution in [2.24, 2.45) is 10.2 Å². The molecule has 1 unspecified atom stereocenters. The molecule has 92 valence electrons. The van der Waals surface area contributed by atoms with Crippen LogP contribution in [0.5, 0.6) is 0 Å². The average molecular weight is 247 g/mol. The third-order valence-electron chi connectivity index (χ3n) is 2.35. The molecule has 0 bridgehead atoms. The number of nitrogens with zero attached hydrogens (tertiary/aromatic N) is 2. The van der Waals surface area contributed by atoms with Crippen molar-refractivity contribution in [3.63, 3.8) is 0 Å². The van der Waals surface area contributed by atoms with E-state index in [-0.39, 0.29) is 18.3 Å². The standard InChI is InChI=1S/C12H10FN3O2/c13-9-3-1-8(2-4-9)7-14-12(18)10-5-6-11(17)16-15-10/h1-6,10H,7H2,(H,14,18). The normalized spacial score (nSPS) is 17.8. The molecule has 1 aliphatic rings. The lowest BCUT2D eigenvalue weighted by Crippen LogP contribution is -2.32. The topological polar surface area (TPSA) is 70.9 Å². The van der Waals surface area contributed by atoms with Crippen molar-refractivity contribution in [3.8, 4) is 0 Å². The second-order valence-electron chi connectivity index (χ2n) is 3.70. The number of benzene rings is 1. The van der Waals surface area contributed by atoms with Gasteiger partial charge >= 0.3 is 0 Å². The van der Waals surface area contributed by atoms with Crippen LogP contribution in [-0.4, -0.2) is 17.9 Å². The summed E-state index contributed by atoms with van der Waals surface area (Å²) in [5, 5.41) is 9.47. The van der Waals surface area contributed by atoms with Crippen molar-refractivity contribution < 1.29 is 14.0 Å². The summed E-state index contributed by atoms with van der Waals surface area (Å²) in [4.78, 5) is 22.4. The maximum Gasteiger partial charge on any atom is 0.287 e. The van der Waals surface area contributed by atoms with Crippen LogP contribution in [0.2, 0.25) is 0 Å². The highest BCUT2D eigenvalue weighted by molar-refractivity contribution is 5.92. The van der Waals surface area contributed by atoms with Gasteiger partial charge in [-0.2, -0.15) is 5.11 Å². The second kappa shape index (κ2) is 5.31. The zero-order valence-corrected chi connectivity index (χ0v) is 9.34. The Hall–Kier alpha value is -2.37. The van der Waals surface area contributed by atoms with Gasteiger partial charge < -0.3 is 5.32 Å². The lowest BCUT2D eigenvalue weighted by Gasteiger charge is -2.09. The number of halogens is 1. The first-order valence-electron chi connectivity index (χ1n) is 5.30. The van der Waals surface area contributed by atoms with E-state index in [4.69, 9.17) is 0 Å². The molecule has 1 heterocycles. The van der Waals surface area contributed by atoms with Gasteiger partial charge in [0, 0.05) is 12.6 Å². The van der Waals surface area contributed by atoms with Crippen LogP contribution in [0.25, 0.3) is 0 Å². The molecule has 1 aromatic rings. The summed E-state index contributed by atoms with van der Waals surface area (Å²) < 4.78 is 12.7. The molecule has 1 aromatic carbocycles. The monoisotopic (exact) mass is 247 g/mol. The van der Waals surface area contributed by atoms with E-state index >= 15 is 0 Å². The zero-order valence-electron chi connectivity index (χ0n) is 9.34. The summed E-state index contributed by atoms with van der Waals surface area (Å²) in [6, 6.07) is 5.03. The molecular formula is C12H10FN3O2. The quantitative estimate of drug-likeness (QED) is 0.876. The third-order valence-corrected chi connectivity index (χ3v) is 2.35. The molecule has 0 fully saturated rings. The number of carbonyl (C=O) groups excluding carboxylic acids is 2. The molecule has 5 nitrogen and oxygen atoms in total. The van der Waals surface area contributed by atoms with Crippen LogP contribution in [-0.2, 0) is 16.1 Å². The minimum atomic E-state index is -0.775. The van der Waals surface area contributed by atoms with Crippen molar-refractivity contribution in [3.05, 3.63) is 47.8 Å². The molecule has 18 heavy (non-hydrogen) atoms. The van der Waals surface area contributed by atoms with E-state index in [1.54, 1.807) is 12.1 Å². The largest absolute Gasteiger partial charge is 0.350 e. The van der Waals surface area contributed by atoms with Crippen LogP contribution in [0.15, 0.2) is 46.6 Å². The zero-order chi connectivity index (χ0) is 13.0. The Bertz CT molecular complexity index is 507. The molecule has 6 heteroatoms. The smallest absolute Gasteiger partial charge is 0.287 e. The molecule has 2 rings (SSSR count). The van der Waals surface area contributed by atoms with E-state index in [1.165, 1.54) is 24.3 Å². The van der Waals surface area contributed by atoms with E-state index in [0.717, 1.165) is 5.56 Å². The van der Waals surface area contributed by atoms with Crippen molar-refractivity contribution in [2.75, 3.05) is 0 Å². The number of carbonyl (C=O) groups is 2. The number of hydrogen-bond acceptors (Lipinski definition) is 3. The van der Waals surface area contributed by atoms with E-state index in [1.807, 2.05) is 0 Å². The Kier molecular flexibility index (Phi) is 3.57. The van der Waals surface area contributed by atoms with E-state index < -0.39 is 11.9 Å². The molecule has 1 N–H and O–H groups in total. The van der Waals surface area contributed by atoms with Crippen LogP contribution < -0.4 is 5.32 Å². The summed E-state index contributed by atoms with van der Waals surface area (Å²) in [5.74, 6) is -1.16. The lowest BCUT2D eigenvalue weighted by atomic mass is 10.2. The lowest BCUT2D eigenvalue weighted by molar-refractivity contribution is -0.121. The van der Waals surface area contributed by atoms with Crippen molar-refractivity contribution >= 4 is 11.8 Å². The number of nitrogens with one attached hydrogen (secondary N) is 1. The first kappa shape index (κ1) is 12.1. The highest BCUT2D eigenvalue weighted by Crippen LogP contribution is 2.05. The van der Waals surface area contributed by atoms with Gasteiger partial charge in [-0.15, -0.1) is 5.11 Å². The number of hydrogen-bond donors (Lipinski definition) is 1. The van der Waals surface area contributed by atoms with Gasteiger partial charge in [0.15, 0.2) is 6.04 Å². The van der Waals surface area contributed by atoms with Crippen LogP contribution >= 0.6 is 0 Å². The Morgan fingerprint density at radius 3 is 2.67 bits per heavy atom. The Labute approximate surface area is 102 Å². The SMILES string of the molecule is O=C1C=CC(C(=O)NCc2ccc(F)cc2)N=N1. The summed E-state index contributed by atoms with van der Waals surface area (Å²) >= 11 is 0. The van der Waals surface area contributed by atoms with Crippen LogP contribution in [0, 0.1) is 5.82 Å². The molecule has 0 spiro atoms. The fraction of sp³-hybridized carbons (Fsp3) is 0.167. The molecule has 0 saturated heterocycles. The number of rotatable bonds is 3. The van der Waals surface area contributed by atoms with Gasteiger partial charge in [-0.1, -0.05) is 12.1 Å². The molecule has 1 aliphatic heterocycles. The maximum atomic E-state index is 12.7. The predicted octanol–water partition coefficient (Wildman–Crippen LogP) is 1.36. The highest BCUT2D eigenvalue weighted by atomic mass is 19.1. The van der Waals surface area contributed by atoms with Gasteiger partial charge in [0.2, 0.25) is 0 Å². The predicted molar refractivity (Wildman–Crippen MR) is 61.0 cm³/mol. The van der Waals surface area contributed by atoms with Gasteiger partial charge in [0.1, 0.15) is 5.82 Å². The number of amides is 2. The Morgan fingerprint density at radius 1 is 1.33 bits per heavy atom. The average Bonchev–Trinajstić information content (AvgIpc) is 2.38. The molecule has 0 radical (unpaired) electrons. The van der Waals surface area contributed by atoms with Crippen molar-refractivity contribution in [1.82, 2.24) is 5.32 Å². The summed E-state index contributed by atoms with van der Waals surface area (Å²) in [7, 11) is 0. The minimum Gasteiger partial charge on any atom is -0.350 e. The van der Waals surface area contributed by atoms with E-state index in [0.29, 0.717) is 0 Å². The van der Waals surface area contributed by atoms with Gasteiger partial charge in [0.05, 0.1) is 0 Å². The Morgan fingerprint density at radius 2 is 2.06 bits per heavy atom. The highest BCUT2D eigenvalue weighted by Gasteiger charge is 2.17. The number of azo groups is 1. The molecule has 0 aromatic heterocycles. The summed E-state index contributed by atoms with van der Waals surface area (Å²) in [6.07, 6.45) is 2.59. The van der Waals surface area contributed by atoms with Crippen molar-refractivity contribution in [2.45, 2.75) is 12.6 Å².